The summed E-state index contributed by atoms with van der Waals surface area (Å²) in [6.07, 6.45) is 4.35. The van der Waals surface area contributed by atoms with Gasteiger partial charge in [-0.15, -0.1) is 0 Å². The van der Waals surface area contributed by atoms with Crippen LogP contribution in [0.1, 0.15) is 33.1 Å². The van der Waals surface area contributed by atoms with Crippen molar-refractivity contribution in [2.24, 2.45) is 17.8 Å². The van der Waals surface area contributed by atoms with E-state index in [4.69, 9.17) is 0 Å². The zero-order valence-corrected chi connectivity index (χ0v) is 10.3. The van der Waals surface area contributed by atoms with Crippen LogP contribution >= 0.6 is 0 Å². The van der Waals surface area contributed by atoms with E-state index in [1.165, 1.54) is 52.0 Å². The van der Waals surface area contributed by atoms with Gasteiger partial charge in [-0.3, -0.25) is 0 Å². The molecule has 0 aromatic rings. The lowest BCUT2D eigenvalue weighted by Gasteiger charge is -2.17. The van der Waals surface area contributed by atoms with Gasteiger partial charge in [-0.25, -0.2) is 0 Å². The van der Waals surface area contributed by atoms with Gasteiger partial charge >= 0.3 is 0 Å². The highest BCUT2D eigenvalue weighted by Crippen LogP contribution is 2.27. The molecule has 2 rings (SSSR count). The highest BCUT2D eigenvalue weighted by molar-refractivity contribution is 4.79. The Bertz CT molecular complexity index is 187. The van der Waals surface area contributed by atoms with E-state index >= 15 is 0 Å². The molecule has 2 nitrogen and oxygen atoms in total. The Morgan fingerprint density at radius 3 is 2.67 bits per heavy atom. The largest absolute Gasteiger partial charge is 0.315 e. The molecule has 1 saturated heterocycles. The molecule has 0 amide bonds. The van der Waals surface area contributed by atoms with Crippen molar-refractivity contribution in [1.82, 2.24) is 10.2 Å². The maximum atomic E-state index is 3.58. The number of likely N-dealkylation sites (tertiary alicyclic amines) is 1. The van der Waals surface area contributed by atoms with Crippen LogP contribution in [-0.2, 0) is 0 Å². The fraction of sp³-hybridized carbons (Fsp3) is 1.00. The molecule has 0 radical (unpaired) electrons. The molecule has 0 aromatic heterocycles. The highest BCUT2D eigenvalue weighted by atomic mass is 15.2. The molecule has 2 heteroatoms. The number of nitrogens with zero attached hydrogens (tertiary/aromatic N) is 1. The predicted octanol–water partition coefficient (Wildman–Crippen LogP) is 1.96. The molecule has 0 aromatic carbocycles. The Labute approximate surface area is 94.4 Å². The van der Waals surface area contributed by atoms with Gasteiger partial charge in [0.2, 0.25) is 0 Å². The van der Waals surface area contributed by atoms with Crippen LogP contribution < -0.4 is 5.32 Å². The van der Waals surface area contributed by atoms with E-state index in [0.717, 1.165) is 17.8 Å². The monoisotopic (exact) mass is 210 g/mol. The van der Waals surface area contributed by atoms with Crippen LogP contribution in [0.25, 0.3) is 0 Å². The van der Waals surface area contributed by atoms with Crippen LogP contribution in [0.4, 0.5) is 0 Å². The molecule has 2 fully saturated rings. The van der Waals surface area contributed by atoms with Gasteiger partial charge in [0.15, 0.2) is 0 Å². The SMILES string of the molecule is CC(C)C1CCN(CCNCC2CC2)C1. The first-order chi connectivity index (χ1) is 7.25. The maximum absolute atomic E-state index is 3.58. The van der Waals surface area contributed by atoms with E-state index in [0.29, 0.717) is 0 Å². The van der Waals surface area contributed by atoms with Crippen molar-refractivity contribution in [2.45, 2.75) is 33.1 Å². The second kappa shape index (κ2) is 5.31. The second-order valence-electron chi connectivity index (χ2n) is 5.74. The Morgan fingerprint density at radius 2 is 2.07 bits per heavy atom. The zero-order chi connectivity index (χ0) is 10.7. The van der Waals surface area contributed by atoms with Gasteiger partial charge in [-0.2, -0.15) is 0 Å². The zero-order valence-electron chi connectivity index (χ0n) is 10.3. The van der Waals surface area contributed by atoms with Crippen LogP contribution in [0.3, 0.4) is 0 Å². The molecule has 2 aliphatic rings. The molecule has 1 aliphatic heterocycles. The van der Waals surface area contributed by atoms with Crippen LogP contribution in [-0.4, -0.2) is 37.6 Å². The molecule has 1 saturated carbocycles. The van der Waals surface area contributed by atoms with Gasteiger partial charge in [0.25, 0.3) is 0 Å². The van der Waals surface area contributed by atoms with Crippen molar-refractivity contribution in [3.63, 3.8) is 0 Å². The molecule has 0 spiro atoms. The Kier molecular flexibility index (Phi) is 4.04. The fourth-order valence-electron chi connectivity index (χ4n) is 2.48. The van der Waals surface area contributed by atoms with E-state index in [2.05, 4.69) is 24.1 Å². The fourth-order valence-corrected chi connectivity index (χ4v) is 2.48. The maximum Gasteiger partial charge on any atom is 0.0107 e. The molecule has 1 unspecified atom stereocenters. The van der Waals surface area contributed by atoms with Crippen LogP contribution in [0, 0.1) is 17.8 Å². The molecule has 1 N–H and O–H groups in total. The molecular weight excluding hydrogens is 184 g/mol. The van der Waals surface area contributed by atoms with E-state index < -0.39 is 0 Å². The smallest absolute Gasteiger partial charge is 0.0107 e. The minimum absolute atomic E-state index is 0.870. The first kappa shape index (κ1) is 11.4. The highest BCUT2D eigenvalue weighted by Gasteiger charge is 2.24. The molecule has 88 valence electrons. The van der Waals surface area contributed by atoms with E-state index in [1.807, 2.05) is 0 Å². The third kappa shape index (κ3) is 3.76. The molecule has 1 atom stereocenters. The van der Waals surface area contributed by atoms with Crippen molar-refractivity contribution in [2.75, 3.05) is 32.7 Å². The van der Waals surface area contributed by atoms with Gasteiger partial charge in [0, 0.05) is 19.6 Å². The van der Waals surface area contributed by atoms with Gasteiger partial charge in [-0.1, -0.05) is 13.8 Å². The Balaban J connectivity index is 1.52. The van der Waals surface area contributed by atoms with Crippen LogP contribution in [0.15, 0.2) is 0 Å². The van der Waals surface area contributed by atoms with E-state index in [-0.39, 0.29) is 0 Å². The molecule has 0 bridgehead atoms. The summed E-state index contributed by atoms with van der Waals surface area (Å²) in [7, 11) is 0. The summed E-state index contributed by atoms with van der Waals surface area (Å²) in [6.45, 7) is 11.1. The third-order valence-electron chi connectivity index (χ3n) is 3.99. The number of rotatable bonds is 6. The van der Waals surface area contributed by atoms with E-state index in [1.54, 1.807) is 0 Å². The topological polar surface area (TPSA) is 15.3 Å². The van der Waals surface area contributed by atoms with E-state index in [9.17, 15) is 0 Å². The number of hydrogen-bond acceptors (Lipinski definition) is 2. The molecule has 1 heterocycles. The van der Waals surface area contributed by atoms with Crippen molar-refractivity contribution in [3.05, 3.63) is 0 Å². The Morgan fingerprint density at radius 1 is 1.27 bits per heavy atom. The minimum Gasteiger partial charge on any atom is -0.315 e. The summed E-state index contributed by atoms with van der Waals surface area (Å²) in [5.74, 6) is 2.84. The molecule has 15 heavy (non-hydrogen) atoms. The summed E-state index contributed by atoms with van der Waals surface area (Å²) < 4.78 is 0. The molecular formula is C13H26N2. The summed E-state index contributed by atoms with van der Waals surface area (Å²) in [5, 5.41) is 3.58. The van der Waals surface area contributed by atoms with Gasteiger partial charge < -0.3 is 10.2 Å². The van der Waals surface area contributed by atoms with Crippen molar-refractivity contribution >= 4 is 0 Å². The van der Waals surface area contributed by atoms with Crippen molar-refractivity contribution < 1.29 is 0 Å². The average molecular weight is 210 g/mol. The second-order valence-corrected chi connectivity index (χ2v) is 5.74. The first-order valence-corrected chi connectivity index (χ1v) is 6.69. The lowest BCUT2D eigenvalue weighted by molar-refractivity contribution is 0.302. The summed E-state index contributed by atoms with van der Waals surface area (Å²) in [6, 6.07) is 0. The van der Waals surface area contributed by atoms with Crippen LogP contribution in [0.5, 0.6) is 0 Å². The van der Waals surface area contributed by atoms with Gasteiger partial charge in [0.1, 0.15) is 0 Å². The minimum atomic E-state index is 0.870. The number of nitrogens with one attached hydrogen (secondary N) is 1. The first-order valence-electron chi connectivity index (χ1n) is 6.69. The van der Waals surface area contributed by atoms with Crippen molar-refractivity contribution in [1.29, 1.82) is 0 Å². The van der Waals surface area contributed by atoms with Crippen LogP contribution in [0.2, 0.25) is 0 Å². The summed E-state index contributed by atoms with van der Waals surface area (Å²) in [5.41, 5.74) is 0. The number of hydrogen-bond donors (Lipinski definition) is 1. The van der Waals surface area contributed by atoms with Gasteiger partial charge in [-0.05, 0) is 50.1 Å². The summed E-state index contributed by atoms with van der Waals surface area (Å²) in [4.78, 5) is 2.63. The van der Waals surface area contributed by atoms with Crippen molar-refractivity contribution in [3.8, 4) is 0 Å². The quantitative estimate of drug-likeness (QED) is 0.674. The predicted molar refractivity (Wildman–Crippen MR) is 65.0 cm³/mol. The van der Waals surface area contributed by atoms with Gasteiger partial charge in [0.05, 0.1) is 0 Å². The Hall–Kier alpha value is -0.0800. The average Bonchev–Trinajstić information content (AvgIpc) is 2.90. The third-order valence-corrected chi connectivity index (χ3v) is 3.99. The normalized spacial score (nSPS) is 27.8. The lowest BCUT2D eigenvalue weighted by Crippen LogP contribution is -2.31. The molecule has 1 aliphatic carbocycles. The lowest BCUT2D eigenvalue weighted by atomic mass is 9.95. The standard InChI is InChI=1S/C13H26N2/c1-11(2)13-5-7-15(10-13)8-6-14-9-12-3-4-12/h11-14H,3-10H2,1-2H3. The summed E-state index contributed by atoms with van der Waals surface area (Å²) >= 11 is 0.